The Hall–Kier alpha value is -2.47. The predicted molar refractivity (Wildman–Crippen MR) is 109 cm³/mol. The first-order valence-corrected chi connectivity index (χ1v) is 9.65. The third-order valence-corrected chi connectivity index (χ3v) is 4.93. The highest BCUT2D eigenvalue weighted by Gasteiger charge is 2.20. The second-order valence-corrected chi connectivity index (χ2v) is 7.53. The minimum atomic E-state index is -0.150. The smallest absolute Gasteiger partial charge is 0.270 e. The number of carbonyl (C=O) groups is 1. The third-order valence-electron chi connectivity index (χ3n) is 4.93. The first kappa shape index (κ1) is 19.3. The maximum absolute atomic E-state index is 12.7. The van der Waals surface area contributed by atoms with Crippen molar-refractivity contribution >= 4 is 11.7 Å². The summed E-state index contributed by atoms with van der Waals surface area (Å²) in [6, 6.07) is 11.7. The summed E-state index contributed by atoms with van der Waals surface area (Å²) in [4.78, 5) is 26.3. The Kier molecular flexibility index (Phi) is 6.40. The maximum Gasteiger partial charge on any atom is 0.270 e. The minimum absolute atomic E-state index is 0.150. The van der Waals surface area contributed by atoms with Gasteiger partial charge < -0.3 is 15.1 Å². The molecular weight excluding hydrogens is 338 g/mol. The van der Waals surface area contributed by atoms with Gasteiger partial charge >= 0.3 is 0 Å². The van der Waals surface area contributed by atoms with Crippen LogP contribution in [0.3, 0.4) is 0 Å². The molecule has 27 heavy (non-hydrogen) atoms. The lowest BCUT2D eigenvalue weighted by atomic mass is 9.99. The average molecular weight is 367 g/mol. The van der Waals surface area contributed by atoms with Gasteiger partial charge in [-0.05, 0) is 32.9 Å². The molecule has 1 aliphatic heterocycles. The fourth-order valence-electron chi connectivity index (χ4n) is 3.15. The van der Waals surface area contributed by atoms with Crippen molar-refractivity contribution in [3.05, 3.63) is 42.1 Å². The van der Waals surface area contributed by atoms with Crippen molar-refractivity contribution in [2.24, 2.45) is 5.92 Å². The molecule has 0 atom stereocenters. The zero-order valence-corrected chi connectivity index (χ0v) is 16.5. The summed E-state index contributed by atoms with van der Waals surface area (Å²) >= 11 is 0. The number of nitrogens with zero attached hydrogens (tertiary/aromatic N) is 4. The van der Waals surface area contributed by atoms with Gasteiger partial charge in [0.25, 0.3) is 5.91 Å². The van der Waals surface area contributed by atoms with Crippen LogP contribution in [0.4, 0.5) is 5.82 Å². The lowest BCUT2D eigenvalue weighted by Gasteiger charge is -2.31. The topological polar surface area (TPSA) is 61.4 Å². The number of anilines is 1. The number of aromatic nitrogens is 2. The Morgan fingerprint density at radius 2 is 1.89 bits per heavy atom. The number of benzene rings is 1. The number of piperidine rings is 1. The van der Waals surface area contributed by atoms with E-state index in [0.29, 0.717) is 18.1 Å². The van der Waals surface area contributed by atoms with Crippen molar-refractivity contribution in [3.8, 4) is 11.4 Å². The molecule has 6 heteroatoms. The van der Waals surface area contributed by atoms with Crippen LogP contribution >= 0.6 is 0 Å². The molecule has 1 aliphatic rings. The van der Waals surface area contributed by atoms with Crippen molar-refractivity contribution in [1.82, 2.24) is 20.2 Å². The summed E-state index contributed by atoms with van der Waals surface area (Å²) in [6.07, 6.45) is 2.30. The van der Waals surface area contributed by atoms with Gasteiger partial charge in [0.1, 0.15) is 11.5 Å². The van der Waals surface area contributed by atoms with Gasteiger partial charge in [-0.2, -0.15) is 0 Å². The number of nitrogens with one attached hydrogen (secondary N) is 1. The molecular formula is C21H29N5O. The first-order valence-electron chi connectivity index (χ1n) is 9.65. The highest BCUT2D eigenvalue weighted by atomic mass is 16.1. The molecule has 1 amide bonds. The molecule has 1 aromatic carbocycles. The van der Waals surface area contributed by atoms with E-state index in [1.54, 1.807) is 0 Å². The molecule has 2 aromatic rings. The second kappa shape index (κ2) is 8.95. The molecule has 2 heterocycles. The Labute approximate surface area is 161 Å². The highest BCUT2D eigenvalue weighted by molar-refractivity contribution is 5.93. The fraction of sp³-hybridized carbons (Fsp3) is 0.476. The lowest BCUT2D eigenvalue weighted by molar-refractivity contribution is 0.0946. The van der Waals surface area contributed by atoms with Gasteiger partial charge in [-0.15, -0.1) is 0 Å². The molecule has 144 valence electrons. The Morgan fingerprint density at radius 3 is 2.56 bits per heavy atom. The number of hydrogen-bond acceptors (Lipinski definition) is 5. The molecule has 1 saturated heterocycles. The quantitative estimate of drug-likeness (QED) is 0.851. The summed E-state index contributed by atoms with van der Waals surface area (Å²) in [5.41, 5.74) is 1.35. The van der Waals surface area contributed by atoms with E-state index in [0.717, 1.165) is 49.8 Å². The van der Waals surface area contributed by atoms with Crippen LogP contribution in [0.1, 0.15) is 30.3 Å². The number of rotatable bonds is 6. The Morgan fingerprint density at radius 1 is 1.19 bits per heavy atom. The normalized spacial score (nSPS) is 15.2. The van der Waals surface area contributed by atoms with Gasteiger partial charge in [0.15, 0.2) is 5.82 Å². The Bertz CT molecular complexity index is 754. The van der Waals surface area contributed by atoms with Crippen molar-refractivity contribution in [3.63, 3.8) is 0 Å². The molecule has 1 fully saturated rings. The van der Waals surface area contributed by atoms with Crippen LogP contribution in [0.25, 0.3) is 11.4 Å². The summed E-state index contributed by atoms with van der Waals surface area (Å²) in [6.45, 7) is 5.60. The standard InChI is InChI=1S/C21H29N5O/c1-16-9-12-26(13-10-16)19-15-18(21(27)22-11-14-25(2)3)23-20(24-19)17-7-5-4-6-8-17/h4-8,15-16H,9-14H2,1-3H3,(H,22,27). The largest absolute Gasteiger partial charge is 0.356 e. The Balaban J connectivity index is 1.87. The van der Waals surface area contributed by atoms with Crippen LogP contribution in [0.15, 0.2) is 36.4 Å². The minimum Gasteiger partial charge on any atom is -0.356 e. The van der Waals surface area contributed by atoms with E-state index in [2.05, 4.69) is 22.1 Å². The first-order chi connectivity index (χ1) is 13.0. The van der Waals surface area contributed by atoms with E-state index in [1.807, 2.05) is 55.4 Å². The number of hydrogen-bond donors (Lipinski definition) is 1. The predicted octanol–water partition coefficient (Wildman–Crippen LogP) is 2.67. The van der Waals surface area contributed by atoms with Crippen molar-refractivity contribution < 1.29 is 4.79 Å². The van der Waals surface area contributed by atoms with Crippen LogP contribution in [0.5, 0.6) is 0 Å². The van der Waals surface area contributed by atoms with Crippen LogP contribution in [-0.2, 0) is 0 Å². The van der Waals surface area contributed by atoms with E-state index < -0.39 is 0 Å². The van der Waals surface area contributed by atoms with E-state index in [4.69, 9.17) is 4.98 Å². The molecule has 3 rings (SSSR count). The molecule has 1 N–H and O–H groups in total. The van der Waals surface area contributed by atoms with Gasteiger partial charge in [-0.25, -0.2) is 9.97 Å². The van der Waals surface area contributed by atoms with Crippen LogP contribution in [0.2, 0.25) is 0 Å². The average Bonchev–Trinajstić information content (AvgIpc) is 2.68. The SMILES string of the molecule is CC1CCN(c2cc(C(=O)NCCN(C)C)nc(-c3ccccc3)n2)CC1. The van der Waals surface area contributed by atoms with Gasteiger partial charge in [-0.1, -0.05) is 37.3 Å². The van der Waals surface area contributed by atoms with Crippen LogP contribution in [-0.4, -0.2) is 61.0 Å². The molecule has 0 unspecified atom stereocenters. The van der Waals surface area contributed by atoms with E-state index in [-0.39, 0.29) is 5.91 Å². The highest BCUT2D eigenvalue weighted by Crippen LogP contribution is 2.24. The summed E-state index contributed by atoms with van der Waals surface area (Å²) in [5.74, 6) is 2.03. The molecule has 0 spiro atoms. The van der Waals surface area contributed by atoms with Gasteiger partial charge in [-0.3, -0.25) is 4.79 Å². The van der Waals surface area contributed by atoms with Crippen molar-refractivity contribution in [2.75, 3.05) is 45.2 Å². The fourth-order valence-corrected chi connectivity index (χ4v) is 3.15. The third kappa shape index (κ3) is 5.26. The molecule has 0 aliphatic carbocycles. The van der Waals surface area contributed by atoms with E-state index in [9.17, 15) is 4.79 Å². The number of carbonyl (C=O) groups excluding carboxylic acids is 1. The second-order valence-electron chi connectivity index (χ2n) is 7.53. The molecule has 1 aromatic heterocycles. The van der Waals surface area contributed by atoms with Crippen LogP contribution < -0.4 is 10.2 Å². The van der Waals surface area contributed by atoms with Crippen LogP contribution in [0, 0.1) is 5.92 Å². The molecule has 0 radical (unpaired) electrons. The molecule has 0 bridgehead atoms. The number of likely N-dealkylation sites (N-methyl/N-ethyl adjacent to an activating group) is 1. The zero-order valence-electron chi connectivity index (χ0n) is 16.5. The van der Waals surface area contributed by atoms with E-state index >= 15 is 0 Å². The molecule has 6 nitrogen and oxygen atoms in total. The maximum atomic E-state index is 12.7. The van der Waals surface area contributed by atoms with Crippen molar-refractivity contribution in [2.45, 2.75) is 19.8 Å². The van der Waals surface area contributed by atoms with Crippen molar-refractivity contribution in [1.29, 1.82) is 0 Å². The monoisotopic (exact) mass is 367 g/mol. The van der Waals surface area contributed by atoms with E-state index in [1.165, 1.54) is 0 Å². The summed E-state index contributed by atoms with van der Waals surface area (Å²) in [7, 11) is 3.97. The number of amides is 1. The van der Waals surface area contributed by atoms with Gasteiger partial charge in [0.2, 0.25) is 0 Å². The summed E-state index contributed by atoms with van der Waals surface area (Å²) < 4.78 is 0. The van der Waals surface area contributed by atoms with Gasteiger partial charge in [0, 0.05) is 37.8 Å². The molecule has 0 saturated carbocycles. The van der Waals surface area contributed by atoms with Gasteiger partial charge in [0.05, 0.1) is 0 Å². The zero-order chi connectivity index (χ0) is 19.2. The summed E-state index contributed by atoms with van der Waals surface area (Å²) in [5, 5.41) is 2.96. The lowest BCUT2D eigenvalue weighted by Crippen LogP contribution is -2.35.